The highest BCUT2D eigenvalue weighted by atomic mass is 32.1. The molecule has 0 bridgehead atoms. The van der Waals surface area contributed by atoms with Crippen molar-refractivity contribution in [3.8, 4) is 6.07 Å². The largest absolute Gasteiger partial charge is 0.351 e. The fraction of sp³-hybridized carbons (Fsp3) is 0.333. The molecule has 0 aromatic carbocycles. The van der Waals surface area contributed by atoms with Gasteiger partial charge in [0.1, 0.15) is 11.6 Å². The Morgan fingerprint density at radius 2 is 2.42 bits per heavy atom. The molecule has 1 amide bonds. The van der Waals surface area contributed by atoms with Crippen LogP contribution < -0.4 is 5.32 Å². The molecule has 0 saturated heterocycles. The number of carbonyl (C=O) groups is 1. The molecule has 0 atom stereocenters. The van der Waals surface area contributed by atoms with Gasteiger partial charge in [-0.15, -0.1) is 0 Å². The van der Waals surface area contributed by atoms with E-state index in [1.807, 2.05) is 6.92 Å². The molecule has 0 saturated carbocycles. The number of hydrogen-bond donors (Lipinski definition) is 1. The van der Waals surface area contributed by atoms with Crippen molar-refractivity contribution in [2.45, 2.75) is 19.8 Å². The normalized spacial score (nSPS) is 10.8. The van der Waals surface area contributed by atoms with E-state index in [9.17, 15) is 14.9 Å². The first kappa shape index (κ1) is 14.9. The van der Waals surface area contributed by atoms with Crippen molar-refractivity contribution < 1.29 is 9.72 Å². The van der Waals surface area contributed by atoms with Crippen LogP contribution in [0.15, 0.2) is 17.0 Å². The molecule has 1 aromatic heterocycles. The van der Waals surface area contributed by atoms with Crippen molar-refractivity contribution in [2.24, 2.45) is 0 Å². The smallest absolute Gasteiger partial charge is 0.324 e. The van der Waals surface area contributed by atoms with Gasteiger partial charge in [-0.1, -0.05) is 24.7 Å². The molecule has 1 aromatic rings. The Labute approximate surface area is 114 Å². The third-order valence-electron chi connectivity index (χ3n) is 2.28. The van der Waals surface area contributed by atoms with Crippen LogP contribution in [-0.2, 0) is 4.79 Å². The number of carbonyl (C=O) groups excluding carboxylic acids is 1. The number of thiophene rings is 1. The van der Waals surface area contributed by atoms with Crippen LogP contribution in [-0.4, -0.2) is 17.4 Å². The SMILES string of the molecule is CCCCNC(=O)/C(C#N)=C\c1csc([N+](=O)[O-])c1. The van der Waals surface area contributed by atoms with Gasteiger partial charge >= 0.3 is 5.00 Å². The minimum atomic E-state index is -0.505. The van der Waals surface area contributed by atoms with Gasteiger partial charge in [0.15, 0.2) is 0 Å². The van der Waals surface area contributed by atoms with Crippen LogP contribution in [0.3, 0.4) is 0 Å². The Bertz CT molecular complexity index is 543. The van der Waals surface area contributed by atoms with Crippen molar-refractivity contribution in [3.63, 3.8) is 0 Å². The summed E-state index contributed by atoms with van der Waals surface area (Å²) in [6.07, 6.45) is 3.14. The van der Waals surface area contributed by atoms with Crippen molar-refractivity contribution >= 4 is 28.3 Å². The van der Waals surface area contributed by atoms with E-state index in [1.165, 1.54) is 17.5 Å². The third-order valence-corrected chi connectivity index (χ3v) is 3.18. The molecule has 0 unspecified atom stereocenters. The van der Waals surface area contributed by atoms with E-state index in [4.69, 9.17) is 5.26 Å². The molecule has 0 fully saturated rings. The number of nitrogens with zero attached hydrogens (tertiary/aromatic N) is 2. The van der Waals surface area contributed by atoms with Crippen LogP contribution in [0.5, 0.6) is 0 Å². The maximum absolute atomic E-state index is 11.7. The van der Waals surface area contributed by atoms with E-state index in [0.29, 0.717) is 12.1 Å². The number of nitro groups is 1. The number of amides is 1. The summed E-state index contributed by atoms with van der Waals surface area (Å²) in [6.45, 7) is 2.51. The molecule has 0 aliphatic heterocycles. The molecular formula is C12H13N3O3S. The van der Waals surface area contributed by atoms with Crippen LogP contribution in [0.25, 0.3) is 6.08 Å². The zero-order chi connectivity index (χ0) is 14.3. The molecule has 0 aliphatic rings. The van der Waals surface area contributed by atoms with E-state index in [1.54, 1.807) is 6.07 Å². The van der Waals surface area contributed by atoms with Gasteiger partial charge in [-0.25, -0.2) is 0 Å². The standard InChI is InChI=1S/C12H13N3O3S/c1-2-3-4-14-12(16)10(7-13)5-9-6-11(15(17)18)19-8-9/h5-6,8H,2-4H2,1H3,(H,14,16)/b10-5-. The van der Waals surface area contributed by atoms with E-state index in [2.05, 4.69) is 5.32 Å². The second kappa shape index (κ2) is 7.28. The minimum Gasteiger partial charge on any atom is -0.351 e. The first-order chi connectivity index (χ1) is 9.08. The second-order valence-corrected chi connectivity index (χ2v) is 4.64. The summed E-state index contributed by atoms with van der Waals surface area (Å²) < 4.78 is 0. The van der Waals surface area contributed by atoms with Crippen LogP contribution in [0.2, 0.25) is 0 Å². The van der Waals surface area contributed by atoms with Crippen molar-refractivity contribution in [3.05, 3.63) is 32.7 Å². The first-order valence-electron chi connectivity index (χ1n) is 5.71. The van der Waals surface area contributed by atoms with Gasteiger partial charge in [0.2, 0.25) is 0 Å². The lowest BCUT2D eigenvalue weighted by Crippen LogP contribution is -2.25. The predicted octanol–water partition coefficient (Wildman–Crippen LogP) is 2.48. The predicted molar refractivity (Wildman–Crippen MR) is 72.5 cm³/mol. The summed E-state index contributed by atoms with van der Waals surface area (Å²) in [6, 6.07) is 3.13. The average molecular weight is 279 g/mol. The van der Waals surface area contributed by atoms with Gasteiger partial charge in [-0.3, -0.25) is 14.9 Å². The maximum atomic E-state index is 11.7. The highest BCUT2D eigenvalue weighted by molar-refractivity contribution is 7.13. The highest BCUT2D eigenvalue weighted by Gasteiger charge is 2.12. The number of nitrogens with one attached hydrogen (secondary N) is 1. The van der Waals surface area contributed by atoms with Gasteiger partial charge < -0.3 is 5.32 Å². The Kier molecular flexibility index (Phi) is 5.70. The van der Waals surface area contributed by atoms with Crippen molar-refractivity contribution in [1.82, 2.24) is 5.32 Å². The summed E-state index contributed by atoms with van der Waals surface area (Å²) in [5.41, 5.74) is 0.433. The minimum absolute atomic E-state index is 0.0186. The van der Waals surface area contributed by atoms with Crippen molar-refractivity contribution in [2.75, 3.05) is 6.54 Å². The summed E-state index contributed by atoms with van der Waals surface area (Å²) in [5.74, 6) is -0.454. The Morgan fingerprint density at radius 3 is 2.95 bits per heavy atom. The Balaban J connectivity index is 2.78. The van der Waals surface area contributed by atoms with Crippen LogP contribution >= 0.6 is 11.3 Å². The summed E-state index contributed by atoms with van der Waals surface area (Å²) in [5, 5.41) is 23.6. The monoisotopic (exact) mass is 279 g/mol. The number of hydrogen-bond acceptors (Lipinski definition) is 5. The second-order valence-electron chi connectivity index (χ2n) is 3.75. The third kappa shape index (κ3) is 4.52. The number of rotatable bonds is 6. The van der Waals surface area contributed by atoms with Gasteiger partial charge in [0.05, 0.1) is 4.92 Å². The fourth-order valence-corrected chi connectivity index (χ4v) is 1.98. The fourth-order valence-electron chi connectivity index (χ4n) is 1.30. The maximum Gasteiger partial charge on any atom is 0.324 e. The zero-order valence-corrected chi connectivity index (χ0v) is 11.2. The van der Waals surface area contributed by atoms with E-state index >= 15 is 0 Å². The van der Waals surface area contributed by atoms with Gasteiger partial charge in [-0.2, -0.15) is 5.26 Å². The Hall–Kier alpha value is -2.20. The lowest BCUT2D eigenvalue weighted by Gasteiger charge is -2.01. The lowest BCUT2D eigenvalue weighted by atomic mass is 10.2. The molecule has 0 spiro atoms. The molecule has 0 radical (unpaired) electrons. The van der Waals surface area contributed by atoms with E-state index < -0.39 is 10.8 Å². The topological polar surface area (TPSA) is 96.0 Å². The van der Waals surface area contributed by atoms with E-state index in [0.717, 1.165) is 24.2 Å². The zero-order valence-electron chi connectivity index (χ0n) is 10.4. The number of unbranched alkanes of at least 4 members (excludes halogenated alkanes) is 1. The summed E-state index contributed by atoms with van der Waals surface area (Å²) in [4.78, 5) is 21.7. The summed E-state index contributed by atoms with van der Waals surface area (Å²) in [7, 11) is 0. The van der Waals surface area contributed by atoms with Crippen LogP contribution in [0.4, 0.5) is 5.00 Å². The summed E-state index contributed by atoms with van der Waals surface area (Å²) >= 11 is 0.959. The molecule has 100 valence electrons. The first-order valence-corrected chi connectivity index (χ1v) is 6.59. The van der Waals surface area contributed by atoms with Gasteiger partial charge in [-0.05, 0) is 18.1 Å². The van der Waals surface area contributed by atoms with E-state index in [-0.39, 0.29) is 10.6 Å². The quantitative estimate of drug-likeness (QED) is 0.284. The lowest BCUT2D eigenvalue weighted by molar-refractivity contribution is -0.380. The molecule has 1 rings (SSSR count). The number of nitriles is 1. The molecular weight excluding hydrogens is 266 g/mol. The molecule has 1 N–H and O–H groups in total. The van der Waals surface area contributed by atoms with Gasteiger partial charge in [0.25, 0.3) is 5.91 Å². The molecule has 19 heavy (non-hydrogen) atoms. The molecule has 1 heterocycles. The Morgan fingerprint density at radius 1 is 1.68 bits per heavy atom. The van der Waals surface area contributed by atoms with Crippen LogP contribution in [0, 0.1) is 21.4 Å². The van der Waals surface area contributed by atoms with Crippen molar-refractivity contribution in [1.29, 1.82) is 5.26 Å². The average Bonchev–Trinajstić information content (AvgIpc) is 2.84. The van der Waals surface area contributed by atoms with Crippen LogP contribution in [0.1, 0.15) is 25.3 Å². The molecule has 0 aliphatic carbocycles. The molecule has 6 nitrogen and oxygen atoms in total. The molecule has 7 heteroatoms. The highest BCUT2D eigenvalue weighted by Crippen LogP contribution is 2.24. The van der Waals surface area contributed by atoms with Gasteiger partial charge in [0, 0.05) is 18.0 Å².